The van der Waals surface area contributed by atoms with Gasteiger partial charge in [0.1, 0.15) is 0 Å². The van der Waals surface area contributed by atoms with Gasteiger partial charge in [0.05, 0.1) is 27.8 Å². The zero-order valence-corrected chi connectivity index (χ0v) is 20.4. The van der Waals surface area contributed by atoms with Crippen molar-refractivity contribution in [2.24, 2.45) is 5.10 Å². The quantitative estimate of drug-likeness (QED) is 0.189. The summed E-state index contributed by atoms with van der Waals surface area (Å²) < 4.78 is 11.4. The predicted molar refractivity (Wildman–Crippen MR) is 130 cm³/mol. The second kappa shape index (κ2) is 12.8. The monoisotopic (exact) mass is 556 g/mol. The minimum absolute atomic E-state index is 0.160. The van der Waals surface area contributed by atoms with Gasteiger partial charge >= 0.3 is 11.8 Å². The van der Waals surface area contributed by atoms with Crippen molar-refractivity contribution in [3.8, 4) is 11.5 Å². The lowest BCUT2D eigenvalue weighted by Crippen LogP contribution is -2.37. The van der Waals surface area contributed by atoms with Crippen molar-refractivity contribution < 1.29 is 23.9 Å². The number of nitrogens with one attached hydrogen (secondary N) is 3. The minimum atomic E-state index is -0.924. The zero-order valence-electron chi connectivity index (χ0n) is 17.3. The Labute approximate surface area is 208 Å². The summed E-state index contributed by atoms with van der Waals surface area (Å²) in [4.78, 5) is 35.3. The Kier molecular flexibility index (Phi) is 10.2. The summed E-state index contributed by atoms with van der Waals surface area (Å²) in [6, 6.07) is 7.90. The molecule has 2 aromatic carbocycles. The van der Waals surface area contributed by atoms with E-state index in [1.807, 2.05) is 0 Å². The predicted octanol–water partition coefficient (Wildman–Crippen LogP) is 3.53. The molecule has 0 atom stereocenters. The molecule has 3 amide bonds. The summed E-state index contributed by atoms with van der Waals surface area (Å²) in [5.41, 5.74) is 3.10. The molecule has 0 heterocycles. The fourth-order valence-corrected chi connectivity index (χ4v) is 3.20. The third-order valence-corrected chi connectivity index (χ3v) is 5.12. The van der Waals surface area contributed by atoms with Gasteiger partial charge in [0, 0.05) is 12.2 Å². The molecule has 0 bridgehead atoms. The van der Waals surface area contributed by atoms with Gasteiger partial charge in [0.15, 0.2) is 18.1 Å². The molecule has 9 nitrogen and oxygen atoms in total. The highest BCUT2D eigenvalue weighted by molar-refractivity contribution is 9.10. The number of nitrogens with zero attached hydrogens (tertiary/aromatic N) is 1. The molecule has 174 valence electrons. The van der Waals surface area contributed by atoms with Crippen LogP contribution in [0, 0.1) is 0 Å². The molecule has 0 fully saturated rings. The molecular weight excluding hydrogens is 539 g/mol. The number of ether oxygens (including phenoxy) is 2. The van der Waals surface area contributed by atoms with Crippen molar-refractivity contribution in [3.63, 3.8) is 0 Å². The summed E-state index contributed by atoms with van der Waals surface area (Å²) >= 11 is 15.2. The topological polar surface area (TPSA) is 118 Å². The fraction of sp³-hybridized carbons (Fsp3) is 0.143. The molecule has 0 unspecified atom stereocenters. The van der Waals surface area contributed by atoms with Gasteiger partial charge in [-0.15, -0.1) is 6.58 Å². The first kappa shape index (κ1) is 26.2. The Hall–Kier alpha value is -3.08. The summed E-state index contributed by atoms with van der Waals surface area (Å²) in [5.74, 6) is -1.60. The molecule has 3 N–H and O–H groups in total. The SMILES string of the molecule is C=CCNC(=O)C(=O)N/N=C/c1cc(Br)c(OCC(=O)Nc2ccc(Cl)c(Cl)c2)c(OC)c1. The molecule has 0 aromatic heterocycles. The van der Waals surface area contributed by atoms with E-state index >= 15 is 0 Å². The van der Waals surface area contributed by atoms with E-state index in [9.17, 15) is 14.4 Å². The van der Waals surface area contributed by atoms with Crippen LogP contribution >= 0.6 is 39.1 Å². The van der Waals surface area contributed by atoms with E-state index in [4.69, 9.17) is 32.7 Å². The lowest BCUT2D eigenvalue weighted by Gasteiger charge is -2.13. The standard InChI is InChI=1S/C21H19BrCl2N4O5/c1-3-6-25-20(30)21(31)28-26-10-12-7-14(22)19(17(8-12)32-2)33-11-18(29)27-13-4-5-15(23)16(24)9-13/h3-5,7-10H,1,6,11H2,2H3,(H,25,30)(H,27,29)(H,28,31)/b26-10+. The molecular formula is C21H19BrCl2N4O5. The number of halogens is 3. The molecule has 0 saturated heterocycles. The Bertz CT molecular complexity index is 1090. The van der Waals surface area contributed by atoms with Crippen LogP contribution in [0.4, 0.5) is 5.69 Å². The molecule has 0 saturated carbocycles. The smallest absolute Gasteiger partial charge is 0.329 e. The van der Waals surface area contributed by atoms with E-state index in [0.29, 0.717) is 31.5 Å². The maximum absolute atomic E-state index is 12.2. The van der Waals surface area contributed by atoms with Crippen molar-refractivity contribution in [3.05, 3.63) is 63.1 Å². The average molecular weight is 558 g/mol. The normalized spacial score (nSPS) is 10.4. The van der Waals surface area contributed by atoms with E-state index < -0.39 is 17.7 Å². The Morgan fingerprint density at radius 1 is 1.15 bits per heavy atom. The van der Waals surface area contributed by atoms with E-state index in [1.54, 1.807) is 24.3 Å². The van der Waals surface area contributed by atoms with Crippen LogP contribution in [0.2, 0.25) is 10.0 Å². The second-order valence-corrected chi connectivity index (χ2v) is 7.87. The Balaban J connectivity index is 2.00. The van der Waals surface area contributed by atoms with Crippen molar-refractivity contribution in [1.82, 2.24) is 10.7 Å². The van der Waals surface area contributed by atoms with Crippen LogP contribution in [0.3, 0.4) is 0 Å². The molecule has 0 aliphatic rings. The number of hydrazone groups is 1. The summed E-state index contributed by atoms with van der Waals surface area (Å²) in [6.45, 7) is 3.29. The molecule has 2 aromatic rings. The number of anilines is 1. The first-order chi connectivity index (χ1) is 15.7. The summed E-state index contributed by atoms with van der Waals surface area (Å²) in [5, 5.41) is 9.40. The van der Waals surface area contributed by atoms with Crippen LogP contribution in [0.5, 0.6) is 11.5 Å². The molecule has 2 rings (SSSR count). The molecule has 0 aliphatic carbocycles. The third kappa shape index (κ3) is 8.08. The molecule has 0 spiro atoms. The van der Waals surface area contributed by atoms with Gasteiger partial charge in [-0.25, -0.2) is 5.43 Å². The van der Waals surface area contributed by atoms with Crippen LogP contribution < -0.4 is 25.5 Å². The van der Waals surface area contributed by atoms with E-state index in [0.717, 1.165) is 0 Å². The van der Waals surface area contributed by atoms with Crippen molar-refractivity contribution in [2.45, 2.75) is 0 Å². The van der Waals surface area contributed by atoms with Gasteiger partial charge in [0.25, 0.3) is 5.91 Å². The number of benzene rings is 2. The second-order valence-electron chi connectivity index (χ2n) is 6.20. The molecule has 0 aliphatic heterocycles. The fourth-order valence-electron chi connectivity index (χ4n) is 2.32. The Morgan fingerprint density at radius 3 is 2.58 bits per heavy atom. The minimum Gasteiger partial charge on any atom is -0.493 e. The highest BCUT2D eigenvalue weighted by atomic mass is 79.9. The maximum atomic E-state index is 12.2. The van der Waals surface area contributed by atoms with E-state index in [-0.39, 0.29) is 18.9 Å². The zero-order chi connectivity index (χ0) is 24.4. The van der Waals surface area contributed by atoms with Crippen LogP contribution in [-0.4, -0.2) is 44.2 Å². The number of methoxy groups -OCH3 is 1. The first-order valence-corrected chi connectivity index (χ1v) is 10.8. The number of hydrogen-bond acceptors (Lipinski definition) is 6. The number of rotatable bonds is 9. The number of hydrogen-bond donors (Lipinski definition) is 3. The highest BCUT2D eigenvalue weighted by Crippen LogP contribution is 2.36. The van der Waals surface area contributed by atoms with Crippen LogP contribution in [0.25, 0.3) is 0 Å². The van der Waals surface area contributed by atoms with E-state index in [1.165, 1.54) is 25.5 Å². The average Bonchev–Trinajstić information content (AvgIpc) is 2.78. The van der Waals surface area contributed by atoms with Crippen molar-refractivity contribution >= 4 is 68.8 Å². The largest absolute Gasteiger partial charge is 0.493 e. The van der Waals surface area contributed by atoms with Gasteiger partial charge in [-0.3, -0.25) is 14.4 Å². The van der Waals surface area contributed by atoms with Crippen LogP contribution in [-0.2, 0) is 14.4 Å². The number of amides is 3. The van der Waals surface area contributed by atoms with Crippen molar-refractivity contribution in [2.75, 3.05) is 25.6 Å². The number of carbonyl (C=O) groups excluding carboxylic acids is 3. The lowest BCUT2D eigenvalue weighted by molar-refractivity contribution is -0.139. The molecule has 0 radical (unpaired) electrons. The van der Waals surface area contributed by atoms with E-state index in [2.05, 4.69) is 43.7 Å². The summed E-state index contributed by atoms with van der Waals surface area (Å²) in [6.07, 6.45) is 2.76. The van der Waals surface area contributed by atoms with Crippen LogP contribution in [0.15, 0.2) is 52.6 Å². The van der Waals surface area contributed by atoms with Gasteiger partial charge in [0.2, 0.25) is 0 Å². The summed E-state index contributed by atoms with van der Waals surface area (Å²) in [7, 11) is 1.43. The third-order valence-electron chi connectivity index (χ3n) is 3.80. The first-order valence-electron chi connectivity index (χ1n) is 9.22. The van der Waals surface area contributed by atoms with Gasteiger partial charge in [-0.1, -0.05) is 29.3 Å². The Morgan fingerprint density at radius 2 is 1.91 bits per heavy atom. The van der Waals surface area contributed by atoms with Crippen LogP contribution in [0.1, 0.15) is 5.56 Å². The van der Waals surface area contributed by atoms with Gasteiger partial charge in [-0.05, 0) is 51.8 Å². The van der Waals surface area contributed by atoms with Gasteiger partial charge < -0.3 is 20.1 Å². The lowest BCUT2D eigenvalue weighted by atomic mass is 10.2. The number of carbonyl (C=O) groups is 3. The highest BCUT2D eigenvalue weighted by Gasteiger charge is 2.14. The van der Waals surface area contributed by atoms with Crippen molar-refractivity contribution in [1.29, 1.82) is 0 Å². The maximum Gasteiger partial charge on any atom is 0.329 e. The molecule has 12 heteroatoms. The molecule has 33 heavy (non-hydrogen) atoms. The van der Waals surface area contributed by atoms with Gasteiger partial charge in [-0.2, -0.15) is 5.10 Å².